The Hall–Kier alpha value is -1.68. The van der Waals surface area contributed by atoms with Crippen LogP contribution in [0.15, 0.2) is 30.5 Å². The first-order chi connectivity index (χ1) is 8.42. The van der Waals surface area contributed by atoms with Crippen molar-refractivity contribution in [2.45, 2.75) is 13.3 Å². The normalized spacial score (nSPS) is 10.6. The van der Waals surface area contributed by atoms with Crippen LogP contribution in [-0.4, -0.2) is 30.0 Å². The lowest BCUT2D eigenvalue weighted by atomic mass is 10.2. The van der Waals surface area contributed by atoms with E-state index in [-0.39, 0.29) is 0 Å². The lowest BCUT2D eigenvalue weighted by molar-refractivity contribution is 0.147. The van der Waals surface area contributed by atoms with Gasteiger partial charge in [0, 0.05) is 25.1 Å². The fraction of sp³-hybridized carbons (Fsp3) is 0.385. The van der Waals surface area contributed by atoms with Crippen molar-refractivity contribution >= 4 is 16.6 Å². The van der Waals surface area contributed by atoms with E-state index in [1.54, 1.807) is 6.20 Å². The zero-order valence-electron chi connectivity index (χ0n) is 10.0. The summed E-state index contributed by atoms with van der Waals surface area (Å²) in [7, 11) is 0. The maximum absolute atomic E-state index is 5.29. The molecule has 1 heterocycles. The van der Waals surface area contributed by atoms with E-state index in [2.05, 4.69) is 21.6 Å². The molecule has 1 N–H and O–H groups in total. The third-order valence-corrected chi connectivity index (χ3v) is 2.53. The molecule has 17 heavy (non-hydrogen) atoms. The first kappa shape index (κ1) is 11.8. The summed E-state index contributed by atoms with van der Waals surface area (Å²) in [6, 6.07) is 7.99. The Morgan fingerprint density at radius 1 is 1.29 bits per heavy atom. The van der Waals surface area contributed by atoms with Gasteiger partial charge >= 0.3 is 0 Å². The molecule has 0 fully saturated rings. The number of aromatic nitrogens is 2. The molecule has 0 bridgehead atoms. The highest BCUT2D eigenvalue weighted by atomic mass is 16.5. The predicted octanol–water partition coefficient (Wildman–Crippen LogP) is 2.47. The Labute approximate surface area is 101 Å². The summed E-state index contributed by atoms with van der Waals surface area (Å²) in [4.78, 5) is 0. The summed E-state index contributed by atoms with van der Waals surface area (Å²) in [5, 5.41) is 12.5. The van der Waals surface area contributed by atoms with Gasteiger partial charge in [-0.3, -0.25) is 0 Å². The van der Waals surface area contributed by atoms with Crippen LogP contribution < -0.4 is 5.32 Å². The molecule has 90 valence electrons. The van der Waals surface area contributed by atoms with Crippen molar-refractivity contribution in [2.24, 2.45) is 0 Å². The van der Waals surface area contributed by atoms with E-state index in [0.717, 1.165) is 42.8 Å². The van der Waals surface area contributed by atoms with Gasteiger partial charge in [0.15, 0.2) is 0 Å². The number of rotatable bonds is 6. The van der Waals surface area contributed by atoms with Gasteiger partial charge in [-0.25, -0.2) is 0 Å². The van der Waals surface area contributed by atoms with Crippen LogP contribution in [0.4, 0.5) is 5.69 Å². The zero-order chi connectivity index (χ0) is 11.9. The van der Waals surface area contributed by atoms with Crippen LogP contribution in [0.2, 0.25) is 0 Å². The number of anilines is 1. The average Bonchev–Trinajstić information content (AvgIpc) is 2.39. The molecule has 2 aromatic rings. The molecule has 0 atom stereocenters. The van der Waals surface area contributed by atoms with Crippen molar-refractivity contribution < 1.29 is 4.74 Å². The Morgan fingerprint density at radius 2 is 2.18 bits per heavy atom. The van der Waals surface area contributed by atoms with Gasteiger partial charge in [-0.15, -0.1) is 0 Å². The van der Waals surface area contributed by atoms with Crippen LogP contribution in [0.25, 0.3) is 10.9 Å². The molecule has 1 aromatic heterocycles. The summed E-state index contributed by atoms with van der Waals surface area (Å²) >= 11 is 0. The minimum absolute atomic E-state index is 0.778. The van der Waals surface area contributed by atoms with Crippen molar-refractivity contribution in [3.63, 3.8) is 0 Å². The van der Waals surface area contributed by atoms with Crippen molar-refractivity contribution in [3.8, 4) is 0 Å². The van der Waals surface area contributed by atoms with Crippen molar-refractivity contribution in [2.75, 3.05) is 25.1 Å². The minimum atomic E-state index is 0.778. The van der Waals surface area contributed by atoms with E-state index >= 15 is 0 Å². The molecule has 0 saturated carbocycles. The second-order valence-electron chi connectivity index (χ2n) is 3.75. The summed E-state index contributed by atoms with van der Waals surface area (Å²) in [5.41, 5.74) is 1.95. The van der Waals surface area contributed by atoms with Gasteiger partial charge in [-0.1, -0.05) is 18.2 Å². The van der Waals surface area contributed by atoms with Crippen molar-refractivity contribution in [1.82, 2.24) is 10.2 Å². The van der Waals surface area contributed by atoms with Crippen LogP contribution in [0.5, 0.6) is 0 Å². The van der Waals surface area contributed by atoms with Gasteiger partial charge in [0.2, 0.25) is 0 Å². The van der Waals surface area contributed by atoms with Gasteiger partial charge in [-0.2, -0.15) is 10.2 Å². The van der Waals surface area contributed by atoms with E-state index < -0.39 is 0 Å². The number of hydrogen-bond acceptors (Lipinski definition) is 4. The van der Waals surface area contributed by atoms with Crippen LogP contribution >= 0.6 is 0 Å². The van der Waals surface area contributed by atoms with E-state index in [0.29, 0.717) is 0 Å². The molecular formula is C13H17N3O. The second kappa shape index (κ2) is 6.15. The Bertz CT molecular complexity index is 468. The molecule has 0 amide bonds. The monoisotopic (exact) mass is 231 g/mol. The third kappa shape index (κ3) is 3.14. The highest BCUT2D eigenvalue weighted by Gasteiger charge is 2.00. The van der Waals surface area contributed by atoms with Gasteiger partial charge in [0.05, 0.1) is 17.4 Å². The quantitative estimate of drug-likeness (QED) is 0.776. The number of hydrogen-bond donors (Lipinski definition) is 1. The summed E-state index contributed by atoms with van der Waals surface area (Å²) in [6.45, 7) is 4.46. The Kier molecular flexibility index (Phi) is 4.27. The lowest BCUT2D eigenvalue weighted by Crippen LogP contribution is -2.06. The van der Waals surface area contributed by atoms with E-state index in [9.17, 15) is 0 Å². The maximum atomic E-state index is 5.29. The van der Waals surface area contributed by atoms with Crippen LogP contribution in [-0.2, 0) is 4.74 Å². The molecule has 4 nitrogen and oxygen atoms in total. The molecule has 2 rings (SSSR count). The molecule has 0 unspecified atom stereocenters. The average molecular weight is 231 g/mol. The predicted molar refractivity (Wildman–Crippen MR) is 69.1 cm³/mol. The highest BCUT2D eigenvalue weighted by Crippen LogP contribution is 2.19. The maximum Gasteiger partial charge on any atom is 0.0950 e. The van der Waals surface area contributed by atoms with E-state index in [1.807, 2.05) is 25.1 Å². The molecule has 1 aromatic carbocycles. The minimum Gasteiger partial charge on any atom is -0.383 e. The number of ether oxygens (including phenoxy) is 1. The van der Waals surface area contributed by atoms with E-state index in [4.69, 9.17) is 4.74 Å². The summed E-state index contributed by atoms with van der Waals surface area (Å²) in [6.07, 6.45) is 2.76. The van der Waals surface area contributed by atoms with Gasteiger partial charge in [0.1, 0.15) is 0 Å². The molecule has 0 aliphatic carbocycles. The molecule has 0 aliphatic heterocycles. The van der Waals surface area contributed by atoms with Crippen LogP contribution in [0, 0.1) is 0 Å². The van der Waals surface area contributed by atoms with Crippen LogP contribution in [0.1, 0.15) is 13.3 Å². The zero-order valence-corrected chi connectivity index (χ0v) is 10.0. The number of benzene rings is 1. The molecule has 0 saturated heterocycles. The number of fused-ring (bicyclic) bond motifs is 1. The van der Waals surface area contributed by atoms with Crippen molar-refractivity contribution in [1.29, 1.82) is 0 Å². The smallest absolute Gasteiger partial charge is 0.0950 e. The standard InChI is InChI=1S/C13H17N3O/c1-2-17-9-5-8-14-13-10-15-16-12-7-4-3-6-11(12)13/h3-4,6-7,10H,2,5,8-9H2,1H3,(H,14,16). The highest BCUT2D eigenvalue weighted by molar-refractivity contribution is 5.90. The first-order valence-corrected chi connectivity index (χ1v) is 5.94. The van der Waals surface area contributed by atoms with Crippen molar-refractivity contribution in [3.05, 3.63) is 30.5 Å². The fourth-order valence-corrected chi connectivity index (χ4v) is 1.69. The summed E-state index contributed by atoms with van der Waals surface area (Å²) < 4.78 is 5.29. The lowest BCUT2D eigenvalue weighted by Gasteiger charge is -2.08. The summed E-state index contributed by atoms with van der Waals surface area (Å²) in [5.74, 6) is 0. The number of nitrogens with zero attached hydrogens (tertiary/aromatic N) is 2. The Morgan fingerprint density at radius 3 is 3.06 bits per heavy atom. The molecule has 0 radical (unpaired) electrons. The van der Waals surface area contributed by atoms with Crippen LogP contribution in [0.3, 0.4) is 0 Å². The van der Waals surface area contributed by atoms with Gasteiger partial charge in [0.25, 0.3) is 0 Å². The van der Waals surface area contributed by atoms with E-state index in [1.165, 1.54) is 0 Å². The molecule has 0 spiro atoms. The first-order valence-electron chi connectivity index (χ1n) is 5.94. The molecular weight excluding hydrogens is 214 g/mol. The molecule has 0 aliphatic rings. The van der Waals surface area contributed by atoms with Gasteiger partial charge < -0.3 is 10.1 Å². The molecule has 4 heteroatoms. The third-order valence-electron chi connectivity index (χ3n) is 2.53. The Balaban J connectivity index is 1.98. The topological polar surface area (TPSA) is 47.0 Å². The van der Waals surface area contributed by atoms with Gasteiger partial charge in [-0.05, 0) is 19.4 Å². The fourth-order valence-electron chi connectivity index (χ4n) is 1.69. The largest absolute Gasteiger partial charge is 0.383 e. The second-order valence-corrected chi connectivity index (χ2v) is 3.75. The SMILES string of the molecule is CCOCCCNc1cnnc2ccccc12. The number of nitrogens with one attached hydrogen (secondary N) is 1.